The quantitative estimate of drug-likeness (QED) is 0.798. The maximum atomic E-state index is 13.0. The molecule has 1 amide bonds. The highest BCUT2D eigenvalue weighted by molar-refractivity contribution is 5.93. The average Bonchev–Trinajstić information content (AvgIpc) is 3.16. The zero-order valence-electron chi connectivity index (χ0n) is 16.7. The van der Waals surface area contributed by atoms with E-state index in [2.05, 4.69) is 29.1 Å². The van der Waals surface area contributed by atoms with E-state index in [1.54, 1.807) is 11.8 Å². The van der Waals surface area contributed by atoms with Gasteiger partial charge in [0.2, 0.25) is 0 Å². The lowest BCUT2D eigenvalue weighted by molar-refractivity contribution is -0.00208. The summed E-state index contributed by atoms with van der Waals surface area (Å²) in [7, 11) is 1.65. The minimum Gasteiger partial charge on any atom is -0.497 e. The molecule has 150 valence electrons. The molecule has 0 unspecified atom stereocenters. The van der Waals surface area contributed by atoms with E-state index in [1.807, 2.05) is 29.2 Å². The Kier molecular flexibility index (Phi) is 5.32. The number of benzene rings is 1. The van der Waals surface area contributed by atoms with Crippen LogP contribution in [0.5, 0.6) is 5.75 Å². The van der Waals surface area contributed by atoms with E-state index >= 15 is 0 Å². The molecule has 3 heterocycles. The molecule has 0 saturated carbocycles. The summed E-state index contributed by atoms with van der Waals surface area (Å²) in [6.45, 7) is 8.47. The summed E-state index contributed by atoms with van der Waals surface area (Å²) in [6, 6.07) is 8.32. The number of piperazine rings is 1. The molecule has 4 rings (SSSR count). The van der Waals surface area contributed by atoms with Crippen LogP contribution in [0.2, 0.25) is 0 Å². The fourth-order valence-corrected chi connectivity index (χ4v) is 3.79. The predicted molar refractivity (Wildman–Crippen MR) is 103 cm³/mol. The van der Waals surface area contributed by atoms with Crippen molar-refractivity contribution in [3.05, 3.63) is 41.2 Å². The van der Waals surface area contributed by atoms with Crippen molar-refractivity contribution < 1.29 is 14.3 Å². The van der Waals surface area contributed by atoms with Crippen molar-refractivity contribution in [1.29, 1.82) is 0 Å². The number of hydrogen-bond donors (Lipinski definition) is 0. The van der Waals surface area contributed by atoms with E-state index in [9.17, 15) is 4.79 Å². The van der Waals surface area contributed by atoms with Crippen molar-refractivity contribution in [3.8, 4) is 5.75 Å². The Morgan fingerprint density at radius 2 is 1.89 bits per heavy atom. The third kappa shape index (κ3) is 3.62. The molecule has 0 spiro atoms. The van der Waals surface area contributed by atoms with Gasteiger partial charge in [-0.05, 0) is 31.5 Å². The first kappa shape index (κ1) is 18.9. The number of carbonyl (C=O) groups is 1. The topological polar surface area (TPSA) is 72.7 Å². The van der Waals surface area contributed by atoms with Gasteiger partial charge in [0.05, 0.1) is 26.0 Å². The molecule has 1 fully saturated rings. The van der Waals surface area contributed by atoms with E-state index in [0.29, 0.717) is 24.9 Å². The number of hydrogen-bond acceptors (Lipinski definition) is 6. The van der Waals surface area contributed by atoms with Gasteiger partial charge >= 0.3 is 0 Å². The zero-order valence-corrected chi connectivity index (χ0v) is 16.7. The number of nitrogens with zero attached hydrogens (tertiary/aromatic N) is 5. The highest BCUT2D eigenvalue weighted by Crippen LogP contribution is 2.28. The van der Waals surface area contributed by atoms with Gasteiger partial charge in [0.25, 0.3) is 5.91 Å². The van der Waals surface area contributed by atoms with E-state index in [1.165, 1.54) is 0 Å². The minimum absolute atomic E-state index is 0.0452. The molecule has 1 aromatic carbocycles. The molecule has 2 aliphatic heterocycles. The second-order valence-corrected chi connectivity index (χ2v) is 7.56. The molecular formula is C20H27N5O3. The summed E-state index contributed by atoms with van der Waals surface area (Å²) < 4.78 is 13.0. The van der Waals surface area contributed by atoms with Crippen molar-refractivity contribution in [1.82, 2.24) is 24.8 Å². The standard InChI is InChI=1S/C20H27N5O3/c1-14(2)23-8-10-24(11-9-23)20(26)19-17-13-28-18(12-25(17)22-21-19)15-4-6-16(27-3)7-5-15/h4-7,14,18H,8-13H2,1-3H3/t18-/m0/s1. The number of methoxy groups -OCH3 is 1. The molecule has 1 saturated heterocycles. The van der Waals surface area contributed by atoms with Crippen molar-refractivity contribution >= 4 is 5.91 Å². The Bertz CT molecular complexity index is 825. The van der Waals surface area contributed by atoms with Crippen LogP contribution in [-0.4, -0.2) is 70.0 Å². The molecule has 0 N–H and O–H groups in total. The zero-order chi connectivity index (χ0) is 19.7. The van der Waals surface area contributed by atoms with Gasteiger partial charge in [0.1, 0.15) is 11.9 Å². The number of carbonyl (C=O) groups excluding carboxylic acids is 1. The highest BCUT2D eigenvalue weighted by Gasteiger charge is 2.31. The van der Waals surface area contributed by atoms with Gasteiger partial charge in [-0.3, -0.25) is 9.69 Å². The van der Waals surface area contributed by atoms with Gasteiger partial charge in [0, 0.05) is 32.2 Å². The Labute approximate surface area is 165 Å². The first-order chi connectivity index (χ1) is 13.6. The summed E-state index contributed by atoms with van der Waals surface area (Å²) in [6.07, 6.45) is -0.113. The fraction of sp³-hybridized carbons (Fsp3) is 0.550. The van der Waals surface area contributed by atoms with Gasteiger partial charge in [0.15, 0.2) is 5.69 Å². The summed E-state index contributed by atoms with van der Waals surface area (Å²) in [5.74, 6) is 0.766. The maximum Gasteiger partial charge on any atom is 0.276 e. The Morgan fingerprint density at radius 1 is 1.18 bits per heavy atom. The molecule has 8 heteroatoms. The second kappa shape index (κ2) is 7.89. The molecular weight excluding hydrogens is 358 g/mol. The van der Waals surface area contributed by atoms with Crippen LogP contribution in [-0.2, 0) is 17.9 Å². The lowest BCUT2D eigenvalue weighted by atomic mass is 10.1. The second-order valence-electron chi connectivity index (χ2n) is 7.56. The van der Waals surface area contributed by atoms with Crippen molar-refractivity contribution in [2.24, 2.45) is 0 Å². The fourth-order valence-electron chi connectivity index (χ4n) is 3.79. The van der Waals surface area contributed by atoms with Crippen LogP contribution in [0.15, 0.2) is 24.3 Å². The number of aromatic nitrogens is 3. The molecule has 28 heavy (non-hydrogen) atoms. The van der Waals surface area contributed by atoms with Crippen LogP contribution in [0.3, 0.4) is 0 Å². The molecule has 2 aliphatic rings. The van der Waals surface area contributed by atoms with Crippen molar-refractivity contribution in [2.75, 3.05) is 33.3 Å². The number of amides is 1. The Morgan fingerprint density at radius 3 is 2.54 bits per heavy atom. The minimum atomic E-state index is -0.113. The van der Waals surface area contributed by atoms with E-state index in [4.69, 9.17) is 9.47 Å². The SMILES string of the molecule is COc1ccc([C@@H]2Cn3nnc(C(=O)N4CCN(C(C)C)CC4)c3CO2)cc1. The van der Waals surface area contributed by atoms with Crippen LogP contribution in [0.4, 0.5) is 0 Å². The summed E-state index contributed by atoms with van der Waals surface area (Å²) in [5, 5.41) is 8.42. The van der Waals surface area contributed by atoms with Crippen molar-refractivity contribution in [3.63, 3.8) is 0 Å². The maximum absolute atomic E-state index is 13.0. The average molecular weight is 385 g/mol. The Balaban J connectivity index is 1.44. The highest BCUT2D eigenvalue weighted by atomic mass is 16.5. The number of ether oxygens (including phenoxy) is 2. The molecule has 2 aromatic rings. The molecule has 0 bridgehead atoms. The van der Waals surface area contributed by atoms with Gasteiger partial charge in [-0.1, -0.05) is 17.3 Å². The first-order valence-corrected chi connectivity index (χ1v) is 9.78. The number of rotatable bonds is 4. The van der Waals surface area contributed by atoms with Crippen LogP contribution in [0.1, 0.15) is 41.7 Å². The smallest absolute Gasteiger partial charge is 0.276 e. The summed E-state index contributed by atoms with van der Waals surface area (Å²) in [4.78, 5) is 17.2. The van der Waals surface area contributed by atoms with Gasteiger partial charge in [-0.2, -0.15) is 0 Å². The summed E-state index contributed by atoms with van der Waals surface area (Å²) >= 11 is 0. The third-order valence-electron chi connectivity index (χ3n) is 5.62. The largest absolute Gasteiger partial charge is 0.497 e. The number of fused-ring (bicyclic) bond motifs is 1. The van der Waals surface area contributed by atoms with E-state index < -0.39 is 0 Å². The van der Waals surface area contributed by atoms with Gasteiger partial charge in [-0.25, -0.2) is 4.68 Å². The predicted octanol–water partition coefficient (Wildman–Crippen LogP) is 1.72. The van der Waals surface area contributed by atoms with Crippen LogP contribution >= 0.6 is 0 Å². The van der Waals surface area contributed by atoms with Gasteiger partial charge < -0.3 is 14.4 Å². The normalized spacial score (nSPS) is 20.3. The lowest BCUT2D eigenvalue weighted by Crippen LogP contribution is -2.51. The van der Waals surface area contributed by atoms with Crippen LogP contribution < -0.4 is 4.74 Å². The monoisotopic (exact) mass is 385 g/mol. The van der Waals surface area contributed by atoms with Gasteiger partial charge in [-0.15, -0.1) is 5.10 Å². The van der Waals surface area contributed by atoms with Crippen molar-refractivity contribution in [2.45, 2.75) is 39.1 Å². The summed E-state index contributed by atoms with van der Waals surface area (Å²) in [5.41, 5.74) is 2.24. The lowest BCUT2D eigenvalue weighted by Gasteiger charge is -2.36. The molecule has 0 aliphatic carbocycles. The van der Waals surface area contributed by atoms with Crippen LogP contribution in [0.25, 0.3) is 0 Å². The van der Waals surface area contributed by atoms with Crippen LogP contribution in [0, 0.1) is 0 Å². The molecule has 0 radical (unpaired) electrons. The molecule has 1 atom stereocenters. The Hall–Kier alpha value is -2.45. The molecule has 8 nitrogen and oxygen atoms in total. The molecule has 1 aromatic heterocycles. The third-order valence-corrected chi connectivity index (χ3v) is 5.62. The van der Waals surface area contributed by atoms with E-state index in [-0.39, 0.29) is 12.0 Å². The van der Waals surface area contributed by atoms with E-state index in [0.717, 1.165) is 43.2 Å². The first-order valence-electron chi connectivity index (χ1n) is 9.78.